The largest absolute Gasteiger partial charge is 0.298 e. The van der Waals surface area contributed by atoms with Gasteiger partial charge in [0.25, 0.3) is 11.4 Å². The van der Waals surface area contributed by atoms with Gasteiger partial charge in [-0.1, -0.05) is 6.07 Å². The first-order valence-corrected chi connectivity index (χ1v) is 8.91. The van der Waals surface area contributed by atoms with E-state index in [2.05, 4.69) is 10.2 Å². The van der Waals surface area contributed by atoms with Crippen LogP contribution in [0.3, 0.4) is 0 Å². The van der Waals surface area contributed by atoms with Gasteiger partial charge in [-0.3, -0.25) is 30.6 Å². The fourth-order valence-electron chi connectivity index (χ4n) is 2.78. The highest BCUT2D eigenvalue weighted by Crippen LogP contribution is 2.33. The van der Waals surface area contributed by atoms with E-state index in [0.29, 0.717) is 12.1 Å². The number of hydrogen-bond donors (Lipinski definition) is 2. The van der Waals surface area contributed by atoms with Crippen molar-refractivity contribution < 1.29 is 24.8 Å². The van der Waals surface area contributed by atoms with Crippen LogP contribution in [0.4, 0.5) is 22.7 Å². The van der Waals surface area contributed by atoms with Gasteiger partial charge >= 0.3 is 0 Å². The third-order valence-corrected chi connectivity index (χ3v) is 4.34. The normalized spacial score (nSPS) is 11.9. The third-order valence-electron chi connectivity index (χ3n) is 4.34. The summed E-state index contributed by atoms with van der Waals surface area (Å²) in [5.74, 6) is 0. The van der Waals surface area contributed by atoms with Crippen LogP contribution in [-0.4, -0.2) is 20.3 Å². The number of hydrogen-bond acceptors (Lipinski definition) is 9. The Morgan fingerprint density at radius 3 is 2.23 bits per heavy atom. The molecule has 0 bridgehead atoms. The van der Waals surface area contributed by atoms with Crippen molar-refractivity contribution >= 4 is 22.7 Å². The van der Waals surface area contributed by atoms with Gasteiger partial charge in [0.1, 0.15) is 5.69 Å². The average Bonchev–Trinajstić information content (AvgIpc) is 2.77. The number of azo groups is 1. The SMILES string of the molecule is O=[N+]([O-])c1ccc(C(C[n+]2ccccc2)N=Nc2ccc(N(O)O)cc2[N+](=O)[O-])cc1. The maximum atomic E-state index is 11.4. The van der Waals surface area contributed by atoms with Gasteiger partial charge in [0.2, 0.25) is 0 Å². The van der Waals surface area contributed by atoms with Crippen LogP contribution in [0.25, 0.3) is 0 Å². The van der Waals surface area contributed by atoms with Crippen LogP contribution < -0.4 is 9.79 Å². The van der Waals surface area contributed by atoms with E-state index >= 15 is 0 Å². The van der Waals surface area contributed by atoms with Crippen molar-refractivity contribution in [3.63, 3.8) is 0 Å². The standard InChI is InChI=1S/C19H17N6O6/c26-23(27)15-6-4-14(5-7-15)18(13-22-10-2-1-3-11-22)21-20-17-9-8-16(24(28)29)12-19(17)25(30)31/h1-12,18,28-29H,13H2/q+1. The lowest BCUT2D eigenvalue weighted by Gasteiger charge is -2.10. The monoisotopic (exact) mass is 425 g/mol. The van der Waals surface area contributed by atoms with Gasteiger partial charge in [0, 0.05) is 30.3 Å². The summed E-state index contributed by atoms with van der Waals surface area (Å²) in [6.07, 6.45) is 3.62. The summed E-state index contributed by atoms with van der Waals surface area (Å²) in [7, 11) is 0. The van der Waals surface area contributed by atoms with Crippen molar-refractivity contribution in [2.24, 2.45) is 10.2 Å². The third kappa shape index (κ3) is 5.41. The fraction of sp³-hybridized carbons (Fsp3) is 0.105. The number of benzene rings is 2. The van der Waals surface area contributed by atoms with Crippen LogP contribution >= 0.6 is 0 Å². The Morgan fingerprint density at radius 1 is 0.968 bits per heavy atom. The summed E-state index contributed by atoms with van der Waals surface area (Å²) >= 11 is 0. The maximum absolute atomic E-state index is 11.4. The molecule has 1 atom stereocenters. The molecular weight excluding hydrogens is 408 g/mol. The highest BCUT2D eigenvalue weighted by Gasteiger charge is 2.20. The summed E-state index contributed by atoms with van der Waals surface area (Å²) in [6, 6.07) is 14.1. The zero-order valence-electron chi connectivity index (χ0n) is 15.9. The second-order valence-electron chi connectivity index (χ2n) is 6.37. The number of nitro groups is 2. The molecule has 0 aliphatic carbocycles. The quantitative estimate of drug-likeness (QED) is 0.240. The van der Waals surface area contributed by atoms with Crippen molar-refractivity contribution in [2.75, 3.05) is 5.23 Å². The van der Waals surface area contributed by atoms with Crippen LogP contribution in [0.2, 0.25) is 0 Å². The van der Waals surface area contributed by atoms with Crippen molar-refractivity contribution in [2.45, 2.75) is 12.6 Å². The van der Waals surface area contributed by atoms with Crippen LogP contribution in [-0.2, 0) is 6.54 Å². The second kappa shape index (κ2) is 9.47. The van der Waals surface area contributed by atoms with Crippen LogP contribution in [0.15, 0.2) is 83.3 Å². The topological polar surface area (TPSA) is 159 Å². The molecular formula is C19H17N6O6+. The molecule has 12 heteroatoms. The van der Waals surface area contributed by atoms with E-state index in [0.717, 1.165) is 6.07 Å². The molecule has 0 spiro atoms. The molecule has 158 valence electrons. The van der Waals surface area contributed by atoms with E-state index in [1.165, 1.54) is 24.3 Å². The maximum Gasteiger partial charge on any atom is 0.298 e. The Labute approximate surface area is 175 Å². The molecule has 0 amide bonds. The Morgan fingerprint density at radius 2 is 1.65 bits per heavy atom. The summed E-state index contributed by atoms with van der Waals surface area (Å²) in [5, 5.41) is 48.4. The van der Waals surface area contributed by atoms with Gasteiger partial charge in [-0.05, 0) is 29.8 Å². The number of pyridine rings is 1. The van der Waals surface area contributed by atoms with E-state index in [1.54, 1.807) is 12.1 Å². The number of aromatic nitrogens is 1. The van der Waals surface area contributed by atoms with E-state index < -0.39 is 21.6 Å². The average molecular weight is 425 g/mol. The molecule has 1 unspecified atom stereocenters. The van der Waals surface area contributed by atoms with Crippen molar-refractivity contribution in [1.29, 1.82) is 0 Å². The van der Waals surface area contributed by atoms with Gasteiger partial charge in [0.05, 0.1) is 9.85 Å². The number of rotatable bonds is 8. The minimum atomic E-state index is -0.714. The molecule has 3 rings (SSSR count). The lowest BCUT2D eigenvalue weighted by molar-refractivity contribution is -0.699. The molecule has 0 saturated carbocycles. The van der Waals surface area contributed by atoms with Gasteiger partial charge < -0.3 is 0 Å². The Hall–Kier alpha value is -4.29. The minimum Gasteiger partial charge on any atom is -0.264 e. The van der Waals surface area contributed by atoms with Crippen molar-refractivity contribution in [3.05, 3.63) is 98.8 Å². The van der Waals surface area contributed by atoms with Gasteiger partial charge in [-0.15, -0.1) is 10.3 Å². The molecule has 12 nitrogen and oxygen atoms in total. The van der Waals surface area contributed by atoms with Crippen molar-refractivity contribution in [1.82, 2.24) is 0 Å². The smallest absolute Gasteiger partial charge is 0.264 e. The molecule has 2 aromatic carbocycles. The molecule has 1 aromatic heterocycles. The first-order valence-electron chi connectivity index (χ1n) is 8.91. The molecule has 0 fully saturated rings. The predicted octanol–water partition coefficient (Wildman–Crippen LogP) is 3.90. The fourth-order valence-corrected chi connectivity index (χ4v) is 2.78. The molecule has 0 aliphatic rings. The van der Waals surface area contributed by atoms with Crippen LogP contribution in [0.1, 0.15) is 11.6 Å². The van der Waals surface area contributed by atoms with Crippen LogP contribution in [0, 0.1) is 20.2 Å². The highest BCUT2D eigenvalue weighted by molar-refractivity contribution is 5.64. The van der Waals surface area contributed by atoms with E-state index in [4.69, 9.17) is 10.4 Å². The van der Waals surface area contributed by atoms with Crippen LogP contribution in [0.5, 0.6) is 0 Å². The summed E-state index contributed by atoms with van der Waals surface area (Å²) in [5.41, 5.74) is -0.209. The summed E-state index contributed by atoms with van der Waals surface area (Å²) in [6.45, 7) is 0.328. The lowest BCUT2D eigenvalue weighted by Crippen LogP contribution is -2.35. The highest BCUT2D eigenvalue weighted by atomic mass is 16.8. The molecule has 0 aliphatic heterocycles. The number of nitrogens with zero attached hydrogens (tertiary/aromatic N) is 6. The first kappa shape index (κ1) is 21.4. The van der Waals surface area contributed by atoms with Crippen molar-refractivity contribution in [3.8, 4) is 0 Å². The molecule has 31 heavy (non-hydrogen) atoms. The number of non-ortho nitro benzene ring substituents is 1. The second-order valence-corrected chi connectivity index (χ2v) is 6.37. The van der Waals surface area contributed by atoms with Gasteiger partial charge in [-0.2, -0.15) is 5.11 Å². The van der Waals surface area contributed by atoms with E-state index in [-0.39, 0.29) is 22.3 Å². The lowest BCUT2D eigenvalue weighted by atomic mass is 10.1. The Balaban J connectivity index is 1.97. The van der Waals surface area contributed by atoms with Gasteiger partial charge in [0.15, 0.2) is 30.7 Å². The summed E-state index contributed by atoms with van der Waals surface area (Å²) in [4.78, 5) is 21.0. The summed E-state index contributed by atoms with van der Waals surface area (Å²) < 4.78 is 1.83. The Kier molecular flexibility index (Phi) is 6.54. The first-order chi connectivity index (χ1) is 14.8. The predicted molar refractivity (Wildman–Crippen MR) is 106 cm³/mol. The molecule has 0 radical (unpaired) electrons. The van der Waals surface area contributed by atoms with E-state index in [1.807, 2.05) is 35.2 Å². The number of anilines is 1. The zero-order chi connectivity index (χ0) is 22.4. The zero-order valence-corrected chi connectivity index (χ0v) is 15.9. The minimum absolute atomic E-state index is 0.0735. The molecule has 1 heterocycles. The number of nitro benzene ring substituents is 2. The molecule has 0 saturated heterocycles. The van der Waals surface area contributed by atoms with Gasteiger partial charge in [-0.25, -0.2) is 4.57 Å². The Bertz CT molecular complexity index is 1100. The molecule has 3 aromatic rings. The van der Waals surface area contributed by atoms with E-state index in [9.17, 15) is 20.2 Å². The molecule has 2 N–H and O–H groups in total.